The number of likely N-dealkylation sites (tertiary alicyclic amines) is 1. The van der Waals surface area contributed by atoms with Crippen LogP contribution in [0.25, 0.3) is 11.0 Å². The number of piperidine rings is 1. The highest BCUT2D eigenvalue weighted by Gasteiger charge is 2.26. The summed E-state index contributed by atoms with van der Waals surface area (Å²) in [7, 11) is 0. The van der Waals surface area contributed by atoms with Gasteiger partial charge >= 0.3 is 0 Å². The number of nitrogens with zero attached hydrogens (tertiary/aromatic N) is 4. The predicted octanol–water partition coefficient (Wildman–Crippen LogP) is 3.08. The third kappa shape index (κ3) is 3.78. The van der Waals surface area contributed by atoms with Gasteiger partial charge in [0.05, 0.1) is 9.81 Å². The van der Waals surface area contributed by atoms with Gasteiger partial charge < -0.3 is 14.5 Å². The minimum Gasteiger partial charge on any atom is -0.385 e. The van der Waals surface area contributed by atoms with E-state index in [2.05, 4.69) is 10.1 Å². The van der Waals surface area contributed by atoms with Crippen LogP contribution in [0.5, 0.6) is 0 Å². The maximum absolute atomic E-state index is 14.2. The fraction of sp³-hybridized carbons (Fsp3) is 0.522. The zero-order chi connectivity index (χ0) is 35.6. The summed E-state index contributed by atoms with van der Waals surface area (Å²) in [5.74, 6) is -3.08. The van der Waals surface area contributed by atoms with Crippen LogP contribution >= 0.6 is 0 Å². The van der Waals surface area contributed by atoms with Crippen molar-refractivity contribution in [2.45, 2.75) is 57.3 Å². The molecule has 0 aliphatic carbocycles. The molecule has 0 radical (unpaired) electrons. The van der Waals surface area contributed by atoms with Crippen molar-refractivity contribution in [1.29, 1.82) is 0 Å². The molecule has 1 N–H and O–H groups in total. The SMILES string of the molecule is [2H]c1c(F)c([2H])c2onc(C3CCN(C([2H])([2H])C([2H])([2H])c4c(C([2H])([2H])[2H])nc5n(c4=O)C([2H])([2H])C([2H])([2H])C([2H])([2H])C5O)CC3)c2c1[2H]. The van der Waals surface area contributed by atoms with Crippen molar-refractivity contribution in [2.24, 2.45) is 0 Å². The summed E-state index contributed by atoms with van der Waals surface area (Å²) >= 11 is 0. The van der Waals surface area contributed by atoms with Crippen LogP contribution in [0.4, 0.5) is 4.39 Å². The second-order valence-corrected chi connectivity index (χ2v) is 7.08. The molecule has 31 heavy (non-hydrogen) atoms. The van der Waals surface area contributed by atoms with Gasteiger partial charge in [-0.25, -0.2) is 9.37 Å². The van der Waals surface area contributed by atoms with E-state index in [4.69, 9.17) is 26.5 Å². The topological polar surface area (TPSA) is 84.4 Å². The third-order valence-electron chi connectivity index (χ3n) is 5.19. The fourth-order valence-electron chi connectivity index (χ4n) is 3.60. The van der Waals surface area contributed by atoms with E-state index in [0.717, 1.165) is 4.90 Å². The van der Waals surface area contributed by atoms with E-state index in [1.807, 2.05) is 0 Å². The number of aromatic nitrogens is 3. The molecule has 1 saturated heterocycles. The molecule has 7 nitrogen and oxygen atoms in total. The highest BCUT2D eigenvalue weighted by atomic mass is 19.1. The molecule has 0 saturated carbocycles. The Hall–Kier alpha value is -2.58. The number of aliphatic hydroxyl groups is 1. The van der Waals surface area contributed by atoms with Crippen molar-refractivity contribution < 1.29 is 36.0 Å². The third-order valence-corrected chi connectivity index (χ3v) is 5.19. The molecule has 164 valence electrons. The van der Waals surface area contributed by atoms with E-state index in [1.54, 1.807) is 0 Å². The van der Waals surface area contributed by atoms with Crippen LogP contribution < -0.4 is 5.56 Å². The normalized spacial score (nSPS) is 34.1. The van der Waals surface area contributed by atoms with E-state index < -0.39 is 97.6 Å². The average molecular weight is 443 g/mol. The summed E-state index contributed by atoms with van der Waals surface area (Å²) in [5, 5.41) is 14.4. The first kappa shape index (κ1) is 9.11. The van der Waals surface area contributed by atoms with Crippen molar-refractivity contribution in [2.75, 3.05) is 19.6 Å². The number of halogens is 1. The van der Waals surface area contributed by atoms with Gasteiger partial charge in [0, 0.05) is 59.4 Å². The number of hydrogen-bond acceptors (Lipinski definition) is 6. The molecule has 0 bridgehead atoms. The number of rotatable bonds is 4. The lowest BCUT2D eigenvalue weighted by Crippen LogP contribution is -2.37. The maximum Gasteiger partial charge on any atom is 0.257 e. The molecule has 0 amide bonds. The van der Waals surface area contributed by atoms with Gasteiger partial charge in [0.15, 0.2) is 5.58 Å². The molecule has 5 rings (SSSR count). The lowest BCUT2D eigenvalue weighted by molar-refractivity contribution is 0.129. The Balaban J connectivity index is 1.57. The lowest BCUT2D eigenvalue weighted by atomic mass is 9.91. The lowest BCUT2D eigenvalue weighted by Gasteiger charge is -2.31. The van der Waals surface area contributed by atoms with Crippen LogP contribution in [0.3, 0.4) is 0 Å². The molecule has 2 aliphatic heterocycles. The Morgan fingerprint density at radius 1 is 1.45 bits per heavy atom. The van der Waals surface area contributed by atoms with Gasteiger partial charge in [-0.1, -0.05) is 5.16 Å². The molecule has 1 atom stereocenters. The fourth-order valence-corrected chi connectivity index (χ4v) is 3.60. The molecular weight excluding hydrogens is 399 g/mol. The number of aliphatic hydroxyl groups excluding tert-OH is 1. The first-order chi connectivity index (χ1) is 21.3. The Kier molecular flexibility index (Phi) is 2.40. The van der Waals surface area contributed by atoms with Gasteiger partial charge in [-0.2, -0.15) is 0 Å². The van der Waals surface area contributed by atoms with Gasteiger partial charge in [0.1, 0.15) is 17.7 Å². The van der Waals surface area contributed by atoms with E-state index in [0.29, 0.717) is 0 Å². The van der Waals surface area contributed by atoms with Crippen LogP contribution in [-0.4, -0.2) is 44.3 Å². The van der Waals surface area contributed by atoms with Crippen molar-refractivity contribution in [1.82, 2.24) is 19.6 Å². The van der Waals surface area contributed by atoms with E-state index >= 15 is 0 Å². The summed E-state index contributed by atoms with van der Waals surface area (Å²) in [6.07, 6.45) is -13.3. The average Bonchev–Trinajstić information content (AvgIpc) is 3.42. The van der Waals surface area contributed by atoms with Gasteiger partial charge in [-0.15, -0.1) is 0 Å². The first-order valence-electron chi connectivity index (χ1n) is 17.4. The van der Waals surface area contributed by atoms with Crippen LogP contribution in [0.1, 0.15) is 82.3 Å². The molecular formula is C23H27FN4O3. The minimum absolute atomic E-state index is 0.00624. The summed E-state index contributed by atoms with van der Waals surface area (Å²) in [5.41, 5.74) is -4.96. The summed E-state index contributed by atoms with van der Waals surface area (Å²) < 4.78 is 151. The monoisotopic (exact) mass is 442 g/mol. The molecule has 2 aromatic heterocycles. The zero-order valence-electron chi connectivity index (χ0n) is 31.9. The van der Waals surface area contributed by atoms with E-state index in [1.165, 1.54) is 0 Å². The van der Waals surface area contributed by atoms with Gasteiger partial charge in [0.25, 0.3) is 5.56 Å². The molecule has 2 aliphatic rings. The molecule has 0 spiro atoms. The van der Waals surface area contributed by atoms with Crippen molar-refractivity contribution >= 4 is 11.0 Å². The van der Waals surface area contributed by atoms with Crippen LogP contribution in [0.15, 0.2) is 27.4 Å². The van der Waals surface area contributed by atoms with Crippen molar-refractivity contribution in [3.63, 3.8) is 0 Å². The van der Waals surface area contributed by atoms with Crippen LogP contribution in [0, 0.1) is 12.7 Å². The first-order valence-corrected chi connectivity index (χ1v) is 9.42. The Bertz CT molecular complexity index is 1830. The smallest absolute Gasteiger partial charge is 0.257 e. The molecule has 1 aromatic carbocycles. The standard InChI is InChI=1S/C23H27FN4O3/c1-14-17(23(30)28-9-2-3-19(29)22(28)25-14)8-12-27-10-6-15(7-11-27)21-18-5-4-16(24)13-20(18)31-26-21/h4-5,13,15,19,29H,2-3,6-12H2,1H3/i1D3,2D2,3D2,4D,5D,8D2,9D2,12D2,13D. The molecule has 8 heteroatoms. The Labute approximate surface area is 202 Å². The molecule has 1 unspecified atom stereocenters. The molecule has 1 fully saturated rings. The Morgan fingerprint density at radius 2 is 2.29 bits per heavy atom. The number of hydrogen-bond donors (Lipinski definition) is 1. The number of benzene rings is 1. The maximum atomic E-state index is 14.2. The summed E-state index contributed by atoms with van der Waals surface area (Å²) in [6.45, 7) is -10.9. The molecule has 3 aromatic rings. The van der Waals surface area contributed by atoms with Crippen molar-refractivity contribution in [3.8, 4) is 0 Å². The Morgan fingerprint density at radius 3 is 3.10 bits per heavy atom. The van der Waals surface area contributed by atoms with Gasteiger partial charge in [-0.05, 0) is 64.0 Å². The van der Waals surface area contributed by atoms with Gasteiger partial charge in [0.2, 0.25) is 0 Å². The number of fused-ring (bicyclic) bond motifs is 2. The summed E-state index contributed by atoms with van der Waals surface area (Å²) in [4.78, 5) is 18.4. The van der Waals surface area contributed by atoms with E-state index in [-0.39, 0.29) is 47.2 Å². The van der Waals surface area contributed by atoms with Crippen LogP contribution in [0.2, 0.25) is 0 Å². The van der Waals surface area contributed by atoms with Crippen LogP contribution in [-0.2, 0) is 12.9 Å². The van der Waals surface area contributed by atoms with Gasteiger partial charge in [-0.3, -0.25) is 9.36 Å². The largest absolute Gasteiger partial charge is 0.385 e. The van der Waals surface area contributed by atoms with Crippen molar-refractivity contribution in [3.05, 3.63) is 57.1 Å². The number of aryl methyl sites for hydroxylation is 1. The highest BCUT2D eigenvalue weighted by molar-refractivity contribution is 5.79. The summed E-state index contributed by atoms with van der Waals surface area (Å²) in [6, 6.07) is -2.18. The van der Waals surface area contributed by atoms with E-state index in [9.17, 15) is 14.3 Å². The molecule has 4 heterocycles. The highest BCUT2D eigenvalue weighted by Crippen LogP contribution is 2.32. The second-order valence-electron chi connectivity index (χ2n) is 7.08. The second kappa shape index (κ2) is 8.16. The quantitative estimate of drug-likeness (QED) is 0.668. The zero-order valence-corrected chi connectivity index (χ0v) is 15.9. The minimum atomic E-state index is -3.66. The predicted molar refractivity (Wildman–Crippen MR) is 114 cm³/mol.